The standard InChI is InChI=1S/C14H18N4OS/c1-11(9-17-7-2-5-16-17)14(19)18(12-3-4-12)10-13-15-6-8-20-13/h2,5-8,11-12H,3-4,9-10H2,1H3/t11-/m0/s1. The lowest BCUT2D eigenvalue weighted by atomic mass is 10.1. The van der Waals surface area contributed by atoms with Crippen LogP contribution in [0.25, 0.3) is 0 Å². The Kier molecular flexibility index (Phi) is 3.82. The van der Waals surface area contributed by atoms with Gasteiger partial charge in [0.05, 0.1) is 19.0 Å². The van der Waals surface area contributed by atoms with Gasteiger partial charge in [0.2, 0.25) is 5.91 Å². The van der Waals surface area contributed by atoms with E-state index in [0.29, 0.717) is 19.1 Å². The summed E-state index contributed by atoms with van der Waals surface area (Å²) in [6.07, 6.45) is 7.66. The number of hydrogen-bond acceptors (Lipinski definition) is 4. The third-order valence-corrected chi connectivity index (χ3v) is 4.27. The fourth-order valence-electron chi connectivity index (χ4n) is 2.30. The van der Waals surface area contributed by atoms with Crippen molar-refractivity contribution in [1.29, 1.82) is 0 Å². The zero-order valence-corrected chi connectivity index (χ0v) is 12.3. The Morgan fingerprint density at radius 3 is 3.00 bits per heavy atom. The van der Waals surface area contributed by atoms with Crippen molar-refractivity contribution in [3.8, 4) is 0 Å². The van der Waals surface area contributed by atoms with Gasteiger partial charge in [0.25, 0.3) is 0 Å². The molecular weight excluding hydrogens is 272 g/mol. The molecule has 1 fully saturated rings. The third kappa shape index (κ3) is 3.07. The van der Waals surface area contributed by atoms with Gasteiger partial charge in [-0.1, -0.05) is 6.92 Å². The monoisotopic (exact) mass is 290 g/mol. The van der Waals surface area contributed by atoms with Crippen molar-refractivity contribution < 1.29 is 4.79 Å². The topological polar surface area (TPSA) is 51.0 Å². The predicted octanol–water partition coefficient (Wildman–Crippen LogP) is 2.17. The minimum absolute atomic E-state index is 0.0598. The molecule has 5 nitrogen and oxygen atoms in total. The first kappa shape index (κ1) is 13.3. The first-order valence-corrected chi connectivity index (χ1v) is 7.78. The Bertz CT molecular complexity index is 548. The molecule has 0 aromatic carbocycles. The maximum absolute atomic E-state index is 12.6. The molecule has 2 heterocycles. The summed E-state index contributed by atoms with van der Waals surface area (Å²) in [5.41, 5.74) is 0. The minimum Gasteiger partial charge on any atom is -0.333 e. The van der Waals surface area contributed by atoms with Crippen molar-refractivity contribution in [3.05, 3.63) is 35.0 Å². The normalized spacial score (nSPS) is 16.1. The van der Waals surface area contributed by atoms with E-state index in [1.807, 2.05) is 34.1 Å². The maximum Gasteiger partial charge on any atom is 0.227 e. The molecule has 3 rings (SSSR count). The van der Waals surface area contributed by atoms with Crippen molar-refractivity contribution in [2.24, 2.45) is 5.92 Å². The summed E-state index contributed by atoms with van der Waals surface area (Å²) in [5, 5.41) is 7.14. The second-order valence-corrected chi connectivity index (χ2v) is 6.23. The van der Waals surface area contributed by atoms with Crippen LogP contribution in [-0.2, 0) is 17.9 Å². The van der Waals surface area contributed by atoms with Crippen LogP contribution in [0.1, 0.15) is 24.8 Å². The molecule has 0 bridgehead atoms. The number of amides is 1. The van der Waals surface area contributed by atoms with Crippen LogP contribution >= 0.6 is 11.3 Å². The highest BCUT2D eigenvalue weighted by molar-refractivity contribution is 7.09. The molecule has 106 valence electrons. The van der Waals surface area contributed by atoms with E-state index in [-0.39, 0.29) is 11.8 Å². The highest BCUT2D eigenvalue weighted by atomic mass is 32.1. The Morgan fingerprint density at radius 1 is 1.55 bits per heavy atom. The number of thiazole rings is 1. The van der Waals surface area contributed by atoms with Crippen molar-refractivity contribution >= 4 is 17.2 Å². The average Bonchev–Trinajstić information content (AvgIpc) is 2.92. The summed E-state index contributed by atoms with van der Waals surface area (Å²) in [4.78, 5) is 18.9. The quantitative estimate of drug-likeness (QED) is 0.819. The number of rotatable bonds is 6. The van der Waals surface area contributed by atoms with Crippen LogP contribution < -0.4 is 0 Å². The number of aromatic nitrogens is 3. The molecule has 1 atom stereocenters. The second-order valence-electron chi connectivity index (χ2n) is 5.25. The summed E-state index contributed by atoms with van der Waals surface area (Å²) in [5.74, 6) is 0.147. The van der Waals surface area contributed by atoms with Gasteiger partial charge in [-0.2, -0.15) is 5.10 Å². The van der Waals surface area contributed by atoms with E-state index >= 15 is 0 Å². The van der Waals surface area contributed by atoms with E-state index in [0.717, 1.165) is 17.8 Å². The number of carbonyl (C=O) groups excluding carboxylic acids is 1. The predicted molar refractivity (Wildman–Crippen MR) is 77.1 cm³/mol. The van der Waals surface area contributed by atoms with Crippen molar-refractivity contribution in [3.63, 3.8) is 0 Å². The molecular formula is C14H18N4OS. The largest absolute Gasteiger partial charge is 0.333 e. The molecule has 0 N–H and O–H groups in total. The number of carbonyl (C=O) groups is 1. The maximum atomic E-state index is 12.6. The van der Waals surface area contributed by atoms with E-state index in [9.17, 15) is 4.79 Å². The molecule has 0 radical (unpaired) electrons. The van der Waals surface area contributed by atoms with Crippen molar-refractivity contribution in [1.82, 2.24) is 19.7 Å². The van der Waals surface area contributed by atoms with Gasteiger partial charge in [-0.15, -0.1) is 11.3 Å². The Hall–Kier alpha value is -1.69. The first-order valence-electron chi connectivity index (χ1n) is 6.90. The SMILES string of the molecule is C[C@@H](Cn1cccn1)C(=O)N(Cc1nccs1)C1CC1. The molecule has 1 saturated carbocycles. The van der Waals surface area contributed by atoms with Gasteiger partial charge >= 0.3 is 0 Å². The van der Waals surface area contributed by atoms with E-state index < -0.39 is 0 Å². The Balaban J connectivity index is 1.65. The van der Waals surface area contributed by atoms with Gasteiger partial charge in [0, 0.05) is 30.0 Å². The van der Waals surface area contributed by atoms with Crippen LogP contribution in [0.4, 0.5) is 0 Å². The highest BCUT2D eigenvalue weighted by Gasteiger charge is 2.35. The van der Waals surface area contributed by atoms with Crippen LogP contribution in [0.15, 0.2) is 30.0 Å². The van der Waals surface area contributed by atoms with E-state index in [1.54, 1.807) is 23.7 Å². The third-order valence-electron chi connectivity index (χ3n) is 3.50. The molecule has 1 aliphatic carbocycles. The summed E-state index contributed by atoms with van der Waals surface area (Å²) in [7, 11) is 0. The lowest BCUT2D eigenvalue weighted by molar-refractivity contribution is -0.136. The molecule has 2 aromatic rings. The molecule has 6 heteroatoms. The minimum atomic E-state index is -0.0598. The molecule has 0 spiro atoms. The van der Waals surface area contributed by atoms with Crippen LogP contribution in [0, 0.1) is 5.92 Å². The van der Waals surface area contributed by atoms with Crippen molar-refractivity contribution in [2.75, 3.05) is 0 Å². The van der Waals surface area contributed by atoms with Crippen LogP contribution in [-0.4, -0.2) is 31.6 Å². The molecule has 0 aliphatic heterocycles. The van der Waals surface area contributed by atoms with E-state index in [4.69, 9.17) is 0 Å². The second kappa shape index (κ2) is 5.75. The molecule has 20 heavy (non-hydrogen) atoms. The summed E-state index contributed by atoms with van der Waals surface area (Å²) in [6.45, 7) is 3.25. The molecule has 1 amide bonds. The fourth-order valence-corrected chi connectivity index (χ4v) is 2.91. The van der Waals surface area contributed by atoms with Gasteiger partial charge in [0.15, 0.2) is 0 Å². The first-order chi connectivity index (χ1) is 9.74. The van der Waals surface area contributed by atoms with Crippen LogP contribution in [0.3, 0.4) is 0 Å². The van der Waals surface area contributed by atoms with Gasteiger partial charge in [-0.05, 0) is 18.9 Å². The number of nitrogens with zero attached hydrogens (tertiary/aromatic N) is 4. The van der Waals surface area contributed by atoms with E-state index in [2.05, 4.69) is 10.1 Å². The molecule has 1 aliphatic rings. The molecule has 0 unspecified atom stereocenters. The van der Waals surface area contributed by atoms with Gasteiger partial charge in [0.1, 0.15) is 5.01 Å². The van der Waals surface area contributed by atoms with Crippen LogP contribution in [0.2, 0.25) is 0 Å². The Morgan fingerprint density at radius 2 is 2.40 bits per heavy atom. The molecule has 0 saturated heterocycles. The smallest absolute Gasteiger partial charge is 0.227 e. The zero-order chi connectivity index (χ0) is 13.9. The average molecular weight is 290 g/mol. The van der Waals surface area contributed by atoms with E-state index in [1.165, 1.54) is 0 Å². The highest BCUT2D eigenvalue weighted by Crippen LogP contribution is 2.30. The number of hydrogen-bond donors (Lipinski definition) is 0. The van der Waals surface area contributed by atoms with Crippen molar-refractivity contribution in [2.45, 2.75) is 38.9 Å². The summed E-state index contributed by atoms with van der Waals surface area (Å²) in [6, 6.07) is 2.29. The van der Waals surface area contributed by atoms with Gasteiger partial charge < -0.3 is 4.90 Å². The van der Waals surface area contributed by atoms with Gasteiger partial charge in [-0.25, -0.2) is 4.98 Å². The van der Waals surface area contributed by atoms with Crippen LogP contribution in [0.5, 0.6) is 0 Å². The summed E-state index contributed by atoms with van der Waals surface area (Å²) < 4.78 is 1.82. The zero-order valence-electron chi connectivity index (χ0n) is 11.5. The van der Waals surface area contributed by atoms with Gasteiger partial charge in [-0.3, -0.25) is 9.48 Å². The summed E-state index contributed by atoms with van der Waals surface area (Å²) >= 11 is 1.61. The Labute approximate surface area is 122 Å². The lowest BCUT2D eigenvalue weighted by Crippen LogP contribution is -2.38. The fraction of sp³-hybridized carbons (Fsp3) is 0.500. The lowest BCUT2D eigenvalue weighted by Gasteiger charge is -2.25. The molecule has 2 aromatic heterocycles.